The number of piperidine rings is 2. The first kappa shape index (κ1) is 19.4. The van der Waals surface area contributed by atoms with E-state index >= 15 is 0 Å². The highest BCUT2D eigenvalue weighted by atomic mass is 19.1. The van der Waals surface area contributed by atoms with Crippen LogP contribution in [0.2, 0.25) is 0 Å². The van der Waals surface area contributed by atoms with Gasteiger partial charge in [-0.1, -0.05) is 0 Å². The molecule has 8 nitrogen and oxygen atoms in total. The van der Waals surface area contributed by atoms with E-state index in [0.717, 1.165) is 0 Å². The van der Waals surface area contributed by atoms with Gasteiger partial charge in [-0.05, 0) is 29.7 Å². The zero-order valence-corrected chi connectivity index (χ0v) is 15.7. The normalized spacial score (nSPS) is 25.0. The molecule has 0 saturated carbocycles. The van der Waals surface area contributed by atoms with Gasteiger partial charge in [0, 0.05) is 38.9 Å². The third-order valence-corrected chi connectivity index (χ3v) is 5.85. The number of carbonyl (C=O) groups excluding carboxylic acids is 5. The van der Waals surface area contributed by atoms with Gasteiger partial charge in [0.1, 0.15) is 17.6 Å². The maximum absolute atomic E-state index is 14.9. The number of hydrogen-bond acceptors (Lipinski definition) is 7. The molecule has 2 fully saturated rings. The van der Waals surface area contributed by atoms with E-state index in [0.29, 0.717) is 42.7 Å². The molecule has 2 unspecified atom stereocenters. The lowest BCUT2D eigenvalue weighted by atomic mass is 9.98. The molecule has 152 valence electrons. The van der Waals surface area contributed by atoms with Crippen LogP contribution in [0.25, 0.3) is 0 Å². The van der Waals surface area contributed by atoms with Crippen molar-refractivity contribution < 1.29 is 28.4 Å². The molecule has 29 heavy (non-hydrogen) atoms. The van der Waals surface area contributed by atoms with Crippen LogP contribution in [0, 0.1) is 5.82 Å². The van der Waals surface area contributed by atoms with Crippen molar-refractivity contribution in [3.05, 3.63) is 29.1 Å². The summed E-state index contributed by atoms with van der Waals surface area (Å²) in [7, 11) is 0. The summed E-state index contributed by atoms with van der Waals surface area (Å²) in [6, 6.07) is 1.07. The van der Waals surface area contributed by atoms with Crippen molar-refractivity contribution >= 4 is 35.4 Å². The van der Waals surface area contributed by atoms with Crippen LogP contribution >= 0.6 is 0 Å². The number of nitrogens with one attached hydrogen (secondary N) is 1. The number of aldehydes is 1. The van der Waals surface area contributed by atoms with Crippen LogP contribution < -0.4 is 10.2 Å². The molecular weight excluding hydrogens is 381 g/mol. The fourth-order valence-corrected chi connectivity index (χ4v) is 4.39. The van der Waals surface area contributed by atoms with E-state index < -0.39 is 29.6 Å². The van der Waals surface area contributed by atoms with Crippen LogP contribution in [-0.2, 0) is 30.5 Å². The number of benzene rings is 1. The summed E-state index contributed by atoms with van der Waals surface area (Å²) in [5.74, 6) is -2.05. The lowest BCUT2D eigenvalue weighted by Crippen LogP contribution is -2.52. The summed E-state index contributed by atoms with van der Waals surface area (Å²) in [6.07, 6.45) is 1.24. The van der Waals surface area contributed by atoms with E-state index in [9.17, 15) is 28.4 Å². The van der Waals surface area contributed by atoms with E-state index in [2.05, 4.69) is 5.32 Å². The van der Waals surface area contributed by atoms with Crippen molar-refractivity contribution in [3.8, 4) is 0 Å². The maximum Gasteiger partial charge on any atom is 0.243 e. The van der Waals surface area contributed by atoms with Gasteiger partial charge in [-0.25, -0.2) is 4.39 Å². The Morgan fingerprint density at radius 1 is 1.14 bits per heavy atom. The van der Waals surface area contributed by atoms with Crippen LogP contribution in [0.3, 0.4) is 0 Å². The first-order valence-corrected chi connectivity index (χ1v) is 9.56. The van der Waals surface area contributed by atoms with Gasteiger partial charge in [-0.2, -0.15) is 0 Å². The Labute approximate surface area is 166 Å². The number of anilines is 1. The van der Waals surface area contributed by atoms with E-state index in [1.807, 2.05) is 0 Å². The summed E-state index contributed by atoms with van der Waals surface area (Å²) in [5, 5.41) is 2.26. The van der Waals surface area contributed by atoms with Crippen molar-refractivity contribution in [2.45, 2.75) is 44.3 Å². The average Bonchev–Trinajstić information content (AvgIpc) is 3.05. The molecule has 1 N–H and O–H groups in total. The monoisotopic (exact) mass is 401 g/mol. The lowest BCUT2D eigenvalue weighted by molar-refractivity contribution is -0.141. The molecule has 0 bridgehead atoms. The minimum absolute atomic E-state index is 0.132. The van der Waals surface area contributed by atoms with Crippen molar-refractivity contribution in [3.63, 3.8) is 0 Å². The molecule has 2 atom stereocenters. The summed E-state index contributed by atoms with van der Waals surface area (Å²) in [6.45, 7) is 1.02. The number of nitrogens with zero attached hydrogens (tertiary/aromatic N) is 2. The van der Waals surface area contributed by atoms with Crippen LogP contribution in [0.4, 0.5) is 10.1 Å². The molecule has 3 aliphatic rings. The standard InChI is InChI=1S/C20H20FN3O5/c21-14-8-13-11(7-16(14)23-5-3-12(26)4-6-23)9-24(19(13)17(27)10-25)15-1-2-18(28)22-20(15)29/h7-8,10,15,19H,1-6,9H2,(H,22,28,29). The van der Waals surface area contributed by atoms with Gasteiger partial charge in [0.25, 0.3) is 0 Å². The first-order chi connectivity index (χ1) is 13.9. The summed E-state index contributed by atoms with van der Waals surface area (Å²) < 4.78 is 14.9. The van der Waals surface area contributed by atoms with E-state index in [-0.39, 0.29) is 37.4 Å². The number of halogens is 1. The molecule has 1 aromatic carbocycles. The van der Waals surface area contributed by atoms with Gasteiger partial charge < -0.3 is 4.90 Å². The van der Waals surface area contributed by atoms with E-state index in [4.69, 9.17) is 0 Å². The Bertz CT molecular complexity index is 921. The summed E-state index contributed by atoms with van der Waals surface area (Å²) >= 11 is 0. The van der Waals surface area contributed by atoms with Gasteiger partial charge in [-0.3, -0.25) is 34.2 Å². The third kappa shape index (κ3) is 3.46. The van der Waals surface area contributed by atoms with Crippen molar-refractivity contribution in [2.24, 2.45) is 0 Å². The predicted molar refractivity (Wildman–Crippen MR) is 98.4 cm³/mol. The number of hydrogen-bond donors (Lipinski definition) is 1. The molecule has 0 aromatic heterocycles. The quantitative estimate of drug-likeness (QED) is 0.443. The van der Waals surface area contributed by atoms with Crippen molar-refractivity contribution in [1.82, 2.24) is 10.2 Å². The molecule has 2 saturated heterocycles. The number of amides is 2. The van der Waals surface area contributed by atoms with Gasteiger partial charge in [0.05, 0.1) is 11.7 Å². The molecule has 4 rings (SSSR count). The smallest absolute Gasteiger partial charge is 0.243 e. The Morgan fingerprint density at radius 3 is 2.52 bits per heavy atom. The molecule has 3 aliphatic heterocycles. The minimum Gasteiger partial charge on any atom is -0.368 e. The average molecular weight is 401 g/mol. The highest BCUT2D eigenvalue weighted by Gasteiger charge is 2.44. The predicted octanol–water partition coefficient (Wildman–Crippen LogP) is 0.425. The molecule has 9 heteroatoms. The van der Waals surface area contributed by atoms with Crippen molar-refractivity contribution in [1.29, 1.82) is 0 Å². The number of carbonyl (C=O) groups is 5. The summed E-state index contributed by atoms with van der Waals surface area (Å²) in [4.78, 5) is 62.2. The van der Waals surface area contributed by atoms with Crippen LogP contribution in [0.1, 0.15) is 42.9 Å². The minimum atomic E-state index is -1.06. The largest absolute Gasteiger partial charge is 0.368 e. The van der Waals surface area contributed by atoms with E-state index in [1.54, 1.807) is 15.9 Å². The highest BCUT2D eigenvalue weighted by molar-refractivity contribution is 6.27. The van der Waals surface area contributed by atoms with Crippen LogP contribution in [0.5, 0.6) is 0 Å². The van der Waals surface area contributed by atoms with Gasteiger partial charge in [0.2, 0.25) is 17.6 Å². The highest BCUT2D eigenvalue weighted by Crippen LogP contribution is 2.40. The third-order valence-electron chi connectivity index (χ3n) is 5.85. The second-order valence-corrected chi connectivity index (χ2v) is 7.59. The fourth-order valence-electron chi connectivity index (χ4n) is 4.39. The fraction of sp³-hybridized carbons (Fsp3) is 0.450. The van der Waals surface area contributed by atoms with Crippen molar-refractivity contribution in [2.75, 3.05) is 18.0 Å². The number of fused-ring (bicyclic) bond motifs is 1. The zero-order chi connectivity index (χ0) is 20.7. The second kappa shape index (κ2) is 7.47. The Hall–Kier alpha value is -2.94. The molecular formula is C20H20FN3O5. The number of Topliss-reactive ketones (excluding diaryl/α,β-unsaturated/α-hetero) is 2. The Morgan fingerprint density at radius 2 is 1.86 bits per heavy atom. The number of ketones is 2. The number of rotatable bonds is 4. The Kier molecular flexibility index (Phi) is 4.99. The second-order valence-electron chi connectivity index (χ2n) is 7.59. The molecule has 0 aliphatic carbocycles. The number of imide groups is 1. The lowest BCUT2D eigenvalue weighted by Gasteiger charge is -2.32. The Balaban J connectivity index is 1.68. The molecule has 2 amide bonds. The first-order valence-electron chi connectivity index (χ1n) is 9.56. The topological polar surface area (TPSA) is 104 Å². The van der Waals surface area contributed by atoms with Crippen LogP contribution in [-0.4, -0.2) is 53.7 Å². The zero-order valence-electron chi connectivity index (χ0n) is 15.7. The molecule has 3 heterocycles. The van der Waals surface area contributed by atoms with Gasteiger partial charge in [0.15, 0.2) is 6.29 Å². The summed E-state index contributed by atoms with van der Waals surface area (Å²) in [5.41, 5.74) is 1.36. The SMILES string of the molecule is O=CC(=O)C1c2cc(F)c(N3CCC(=O)CC3)cc2CN1C1CCC(=O)NC1=O. The molecule has 0 spiro atoms. The maximum atomic E-state index is 14.9. The van der Waals surface area contributed by atoms with Gasteiger partial charge >= 0.3 is 0 Å². The molecule has 0 radical (unpaired) electrons. The van der Waals surface area contributed by atoms with Gasteiger partial charge in [-0.15, -0.1) is 0 Å². The van der Waals surface area contributed by atoms with E-state index in [1.165, 1.54) is 6.07 Å². The molecule has 1 aromatic rings. The van der Waals surface area contributed by atoms with Crippen LogP contribution in [0.15, 0.2) is 12.1 Å².